The molecule has 1 aromatic carbocycles. The molecule has 0 N–H and O–H groups in total. The van der Waals surface area contributed by atoms with Crippen LogP contribution >= 0.6 is 15.9 Å². The van der Waals surface area contributed by atoms with Gasteiger partial charge in [-0.15, -0.1) is 0 Å². The summed E-state index contributed by atoms with van der Waals surface area (Å²) in [5, 5.41) is 0. The molecule has 0 amide bonds. The Morgan fingerprint density at radius 2 is 1.79 bits per heavy atom. The van der Waals surface area contributed by atoms with Crippen molar-refractivity contribution >= 4 is 15.9 Å². The molecule has 0 radical (unpaired) electrons. The summed E-state index contributed by atoms with van der Waals surface area (Å²) < 4.78 is 11.6. The number of hydrogen-bond acceptors (Lipinski definition) is 4. The van der Waals surface area contributed by atoms with Crippen molar-refractivity contribution in [1.82, 2.24) is 9.97 Å². The lowest BCUT2D eigenvalue weighted by atomic mass is 10.1. The van der Waals surface area contributed by atoms with Gasteiger partial charge in [0.1, 0.15) is 5.75 Å². The van der Waals surface area contributed by atoms with Crippen molar-refractivity contribution in [1.29, 1.82) is 0 Å². The second kappa shape index (κ2) is 5.57. The van der Waals surface area contributed by atoms with Crippen molar-refractivity contribution in [2.24, 2.45) is 0 Å². The van der Waals surface area contributed by atoms with E-state index >= 15 is 0 Å². The Kier molecular flexibility index (Phi) is 4.04. The zero-order valence-electron chi connectivity index (χ0n) is 11.3. The van der Waals surface area contributed by atoms with E-state index in [1.807, 2.05) is 26.8 Å². The largest absolute Gasteiger partial charge is 0.480 e. The lowest BCUT2D eigenvalue weighted by Crippen LogP contribution is -1.99. The van der Waals surface area contributed by atoms with Gasteiger partial charge < -0.3 is 9.47 Å². The summed E-state index contributed by atoms with van der Waals surface area (Å²) in [6.07, 6.45) is 1.61. The van der Waals surface area contributed by atoms with E-state index in [1.54, 1.807) is 13.3 Å². The van der Waals surface area contributed by atoms with E-state index in [0.717, 1.165) is 16.9 Å². The van der Waals surface area contributed by atoms with Gasteiger partial charge in [-0.25, -0.2) is 4.98 Å². The van der Waals surface area contributed by atoms with Crippen molar-refractivity contribution < 1.29 is 9.47 Å². The van der Waals surface area contributed by atoms with E-state index < -0.39 is 0 Å². The molecule has 0 unspecified atom stereocenters. The smallest absolute Gasteiger partial charge is 0.325 e. The molecule has 0 aliphatic rings. The second-order valence-corrected chi connectivity index (χ2v) is 5.12. The summed E-state index contributed by atoms with van der Waals surface area (Å²) in [4.78, 5) is 8.33. The zero-order valence-corrected chi connectivity index (χ0v) is 12.9. The molecule has 2 aromatic rings. The van der Waals surface area contributed by atoms with E-state index in [2.05, 4.69) is 32.0 Å². The van der Waals surface area contributed by atoms with E-state index in [9.17, 15) is 0 Å². The molecule has 1 aromatic heterocycles. The van der Waals surface area contributed by atoms with Crippen LogP contribution in [0.15, 0.2) is 22.8 Å². The van der Waals surface area contributed by atoms with Gasteiger partial charge >= 0.3 is 6.01 Å². The van der Waals surface area contributed by atoms with Crippen LogP contribution < -0.4 is 9.47 Å². The van der Waals surface area contributed by atoms with Crippen molar-refractivity contribution in [2.45, 2.75) is 20.8 Å². The summed E-state index contributed by atoms with van der Waals surface area (Å²) in [5.74, 6) is 1.25. The molecular weight excluding hydrogens is 308 g/mol. The Labute approximate surface area is 120 Å². The highest BCUT2D eigenvalue weighted by molar-refractivity contribution is 9.10. The fraction of sp³-hybridized carbons (Fsp3) is 0.286. The van der Waals surface area contributed by atoms with Gasteiger partial charge in [0.05, 0.1) is 17.8 Å². The Bertz CT molecular complexity index is 615. The summed E-state index contributed by atoms with van der Waals surface area (Å²) in [7, 11) is 1.56. The molecule has 5 heteroatoms. The van der Waals surface area contributed by atoms with Crippen LogP contribution in [0.4, 0.5) is 0 Å². The van der Waals surface area contributed by atoms with Crippen LogP contribution in [0.5, 0.6) is 17.6 Å². The van der Waals surface area contributed by atoms with E-state index in [0.29, 0.717) is 10.4 Å². The number of ether oxygens (including phenoxy) is 2. The first-order valence-corrected chi connectivity index (χ1v) is 6.63. The third-order valence-electron chi connectivity index (χ3n) is 2.95. The maximum Gasteiger partial charge on any atom is 0.325 e. The molecule has 0 saturated carbocycles. The highest BCUT2D eigenvalue weighted by Crippen LogP contribution is 2.30. The number of benzene rings is 1. The van der Waals surface area contributed by atoms with Crippen LogP contribution in [0.3, 0.4) is 0 Å². The van der Waals surface area contributed by atoms with Crippen molar-refractivity contribution in [3.05, 3.63) is 39.5 Å². The van der Waals surface area contributed by atoms with Crippen LogP contribution in [0, 0.1) is 20.8 Å². The van der Waals surface area contributed by atoms with Crippen molar-refractivity contribution in [2.75, 3.05) is 7.11 Å². The minimum Gasteiger partial charge on any atom is -0.480 e. The third kappa shape index (κ3) is 2.87. The van der Waals surface area contributed by atoms with Gasteiger partial charge in [-0.2, -0.15) is 4.98 Å². The van der Waals surface area contributed by atoms with Gasteiger partial charge in [0, 0.05) is 0 Å². The molecule has 4 nitrogen and oxygen atoms in total. The Balaban J connectivity index is 2.39. The van der Waals surface area contributed by atoms with Gasteiger partial charge in [0.2, 0.25) is 5.88 Å². The number of aromatic nitrogens is 2. The normalized spacial score (nSPS) is 10.4. The van der Waals surface area contributed by atoms with Gasteiger partial charge in [-0.3, -0.25) is 0 Å². The topological polar surface area (TPSA) is 44.2 Å². The van der Waals surface area contributed by atoms with Crippen LogP contribution in [-0.4, -0.2) is 17.1 Å². The molecule has 2 rings (SSSR count). The molecule has 1 heterocycles. The average molecular weight is 323 g/mol. The fourth-order valence-corrected chi connectivity index (χ4v) is 2.06. The highest BCUT2D eigenvalue weighted by Gasteiger charge is 2.11. The second-order valence-electron chi connectivity index (χ2n) is 4.27. The number of methoxy groups -OCH3 is 1. The Morgan fingerprint density at radius 1 is 1.11 bits per heavy atom. The third-order valence-corrected chi connectivity index (χ3v) is 3.49. The Morgan fingerprint density at radius 3 is 2.47 bits per heavy atom. The predicted molar refractivity (Wildman–Crippen MR) is 77.0 cm³/mol. The molecule has 0 aliphatic carbocycles. The molecule has 0 saturated heterocycles. The fourth-order valence-electron chi connectivity index (χ4n) is 1.70. The van der Waals surface area contributed by atoms with Crippen LogP contribution in [0.25, 0.3) is 0 Å². The van der Waals surface area contributed by atoms with Gasteiger partial charge in [0.15, 0.2) is 0 Å². The standard InChI is InChI=1S/C14H15BrN2O2/c1-8-5-6-9(2)12(10(8)3)19-14-16-7-11(15)13(17-14)18-4/h5-7H,1-4H3. The van der Waals surface area contributed by atoms with Gasteiger partial charge in [0.25, 0.3) is 0 Å². The number of hydrogen-bond donors (Lipinski definition) is 0. The quantitative estimate of drug-likeness (QED) is 0.857. The monoisotopic (exact) mass is 322 g/mol. The molecule has 0 atom stereocenters. The zero-order chi connectivity index (χ0) is 14.0. The van der Waals surface area contributed by atoms with Crippen LogP contribution in [-0.2, 0) is 0 Å². The lowest BCUT2D eigenvalue weighted by Gasteiger charge is -2.12. The molecule has 0 aliphatic heterocycles. The SMILES string of the molecule is COc1nc(Oc2c(C)ccc(C)c2C)ncc1Br. The van der Waals surface area contributed by atoms with Crippen LogP contribution in [0.1, 0.15) is 16.7 Å². The summed E-state index contributed by atoms with van der Waals surface area (Å²) in [6, 6.07) is 4.37. The maximum atomic E-state index is 5.80. The molecular formula is C14H15BrN2O2. The Hall–Kier alpha value is -1.62. The highest BCUT2D eigenvalue weighted by atomic mass is 79.9. The van der Waals surface area contributed by atoms with E-state index in [1.165, 1.54) is 5.56 Å². The lowest BCUT2D eigenvalue weighted by molar-refractivity contribution is 0.372. The average Bonchev–Trinajstić information content (AvgIpc) is 2.41. The van der Waals surface area contributed by atoms with E-state index in [-0.39, 0.29) is 6.01 Å². The maximum absolute atomic E-state index is 5.80. The summed E-state index contributed by atoms with van der Waals surface area (Å²) in [6.45, 7) is 6.07. The summed E-state index contributed by atoms with van der Waals surface area (Å²) in [5.41, 5.74) is 3.31. The number of halogens is 1. The molecule has 0 bridgehead atoms. The molecule has 0 fully saturated rings. The van der Waals surface area contributed by atoms with E-state index in [4.69, 9.17) is 9.47 Å². The number of nitrogens with zero attached hydrogens (tertiary/aromatic N) is 2. The number of aryl methyl sites for hydroxylation is 2. The predicted octanol–water partition coefficient (Wildman–Crippen LogP) is 3.97. The van der Waals surface area contributed by atoms with Gasteiger partial charge in [-0.05, 0) is 53.4 Å². The molecule has 100 valence electrons. The first-order valence-electron chi connectivity index (χ1n) is 5.84. The number of rotatable bonds is 3. The first-order chi connectivity index (χ1) is 9.02. The summed E-state index contributed by atoms with van der Waals surface area (Å²) >= 11 is 3.31. The minimum absolute atomic E-state index is 0.275. The van der Waals surface area contributed by atoms with Crippen LogP contribution in [0.2, 0.25) is 0 Å². The molecule has 19 heavy (non-hydrogen) atoms. The first kappa shape index (κ1) is 13.8. The van der Waals surface area contributed by atoms with Crippen molar-refractivity contribution in [3.63, 3.8) is 0 Å². The van der Waals surface area contributed by atoms with Crippen molar-refractivity contribution in [3.8, 4) is 17.6 Å². The minimum atomic E-state index is 0.275. The molecule has 0 spiro atoms. The van der Waals surface area contributed by atoms with Gasteiger partial charge in [-0.1, -0.05) is 12.1 Å².